The molecule has 4 heteroatoms. The van der Waals surface area contributed by atoms with Gasteiger partial charge < -0.3 is 5.11 Å². The van der Waals surface area contributed by atoms with Gasteiger partial charge in [0.05, 0.1) is 5.69 Å². The highest BCUT2D eigenvalue weighted by Crippen LogP contribution is 2.29. The predicted molar refractivity (Wildman–Crippen MR) is 58.3 cm³/mol. The van der Waals surface area contributed by atoms with Gasteiger partial charge >= 0.3 is 6.09 Å². The Kier molecular flexibility index (Phi) is 2.13. The van der Waals surface area contributed by atoms with Crippen molar-refractivity contribution >= 4 is 33.2 Å². The van der Waals surface area contributed by atoms with Gasteiger partial charge in [-0.2, -0.15) is 0 Å². The fraction of sp³-hybridized carbons (Fsp3) is 0.100. The molecule has 0 aliphatic heterocycles. The normalized spacial score (nSPS) is 10.4. The summed E-state index contributed by atoms with van der Waals surface area (Å²) in [5.41, 5.74) is 0.733. The van der Waals surface area contributed by atoms with Crippen molar-refractivity contribution in [3.8, 4) is 0 Å². The number of thiophene rings is 1. The van der Waals surface area contributed by atoms with Gasteiger partial charge in [-0.3, -0.25) is 4.90 Å². The van der Waals surface area contributed by atoms with Gasteiger partial charge in [0.25, 0.3) is 0 Å². The van der Waals surface area contributed by atoms with E-state index in [4.69, 9.17) is 5.11 Å². The van der Waals surface area contributed by atoms with Gasteiger partial charge in [-0.25, -0.2) is 4.79 Å². The summed E-state index contributed by atoms with van der Waals surface area (Å²) in [6.45, 7) is 0. The molecule has 1 amide bonds. The molecule has 2 rings (SSSR count). The third kappa shape index (κ3) is 1.33. The number of fused-ring (bicyclic) bond motifs is 1. The van der Waals surface area contributed by atoms with Crippen molar-refractivity contribution < 1.29 is 9.90 Å². The topological polar surface area (TPSA) is 40.5 Å². The van der Waals surface area contributed by atoms with E-state index in [-0.39, 0.29) is 0 Å². The zero-order valence-electron chi connectivity index (χ0n) is 7.60. The van der Waals surface area contributed by atoms with Crippen LogP contribution in [-0.2, 0) is 0 Å². The van der Waals surface area contributed by atoms with Crippen LogP contribution in [-0.4, -0.2) is 18.2 Å². The van der Waals surface area contributed by atoms with Crippen molar-refractivity contribution in [2.45, 2.75) is 0 Å². The second kappa shape index (κ2) is 3.31. The Bertz CT molecular complexity index is 478. The minimum Gasteiger partial charge on any atom is -0.465 e. The predicted octanol–water partition coefficient (Wildman–Crippen LogP) is 3.02. The van der Waals surface area contributed by atoms with E-state index in [1.54, 1.807) is 18.4 Å². The molecule has 1 heterocycles. The summed E-state index contributed by atoms with van der Waals surface area (Å²) in [4.78, 5) is 12.0. The SMILES string of the molecule is CN(C(=O)O)c1cccc2sccc12. The molecule has 0 radical (unpaired) electrons. The second-order valence-electron chi connectivity index (χ2n) is 2.95. The highest BCUT2D eigenvalue weighted by atomic mass is 32.1. The molecular formula is C10H9NO2S. The Morgan fingerprint density at radius 3 is 2.93 bits per heavy atom. The van der Waals surface area contributed by atoms with Crippen molar-refractivity contribution in [1.82, 2.24) is 0 Å². The highest BCUT2D eigenvalue weighted by Gasteiger charge is 2.11. The van der Waals surface area contributed by atoms with Crippen LogP contribution in [0.5, 0.6) is 0 Å². The van der Waals surface area contributed by atoms with Crippen molar-refractivity contribution in [1.29, 1.82) is 0 Å². The standard InChI is InChI=1S/C10H9NO2S/c1-11(10(12)13)8-3-2-4-9-7(8)5-6-14-9/h2-6H,1H3,(H,12,13). The van der Waals surface area contributed by atoms with Gasteiger partial charge in [-0.1, -0.05) is 6.07 Å². The number of amides is 1. The Morgan fingerprint density at radius 1 is 1.43 bits per heavy atom. The van der Waals surface area contributed by atoms with Crippen LogP contribution in [0.2, 0.25) is 0 Å². The van der Waals surface area contributed by atoms with Crippen LogP contribution in [0.25, 0.3) is 10.1 Å². The first-order chi connectivity index (χ1) is 6.70. The minimum absolute atomic E-state index is 0.733. The summed E-state index contributed by atoms with van der Waals surface area (Å²) in [6, 6.07) is 7.60. The van der Waals surface area contributed by atoms with Gasteiger partial charge in [0.15, 0.2) is 0 Å². The van der Waals surface area contributed by atoms with E-state index in [1.165, 1.54) is 4.90 Å². The van der Waals surface area contributed by atoms with Crippen LogP contribution in [0, 0.1) is 0 Å². The Labute approximate surface area is 85.2 Å². The lowest BCUT2D eigenvalue weighted by Gasteiger charge is -2.13. The molecule has 0 saturated heterocycles. The number of nitrogens with zero attached hydrogens (tertiary/aromatic N) is 1. The van der Waals surface area contributed by atoms with Crippen molar-refractivity contribution in [2.24, 2.45) is 0 Å². The third-order valence-electron chi connectivity index (χ3n) is 2.12. The first-order valence-electron chi connectivity index (χ1n) is 4.13. The second-order valence-corrected chi connectivity index (χ2v) is 3.90. The molecule has 0 fully saturated rings. The quantitative estimate of drug-likeness (QED) is 0.780. The number of carboxylic acid groups (broad SMARTS) is 1. The van der Waals surface area contributed by atoms with Gasteiger partial charge in [0.1, 0.15) is 0 Å². The smallest absolute Gasteiger partial charge is 0.411 e. The lowest BCUT2D eigenvalue weighted by molar-refractivity contribution is 0.203. The van der Waals surface area contributed by atoms with Gasteiger partial charge in [-0.15, -0.1) is 11.3 Å². The van der Waals surface area contributed by atoms with Crippen molar-refractivity contribution in [3.05, 3.63) is 29.6 Å². The number of rotatable bonds is 1. The molecule has 3 nitrogen and oxygen atoms in total. The van der Waals surface area contributed by atoms with Gasteiger partial charge in [0, 0.05) is 17.1 Å². The zero-order valence-corrected chi connectivity index (χ0v) is 8.41. The average Bonchev–Trinajstić information content (AvgIpc) is 2.63. The van der Waals surface area contributed by atoms with Gasteiger partial charge in [0.2, 0.25) is 0 Å². The van der Waals surface area contributed by atoms with Crippen molar-refractivity contribution in [2.75, 3.05) is 11.9 Å². The van der Waals surface area contributed by atoms with Crippen LogP contribution < -0.4 is 4.90 Å². The summed E-state index contributed by atoms with van der Waals surface area (Å²) in [6.07, 6.45) is -0.941. The molecule has 1 aromatic carbocycles. The molecule has 0 bridgehead atoms. The Hall–Kier alpha value is -1.55. The highest BCUT2D eigenvalue weighted by molar-refractivity contribution is 7.17. The van der Waals surface area contributed by atoms with Crippen molar-refractivity contribution in [3.63, 3.8) is 0 Å². The molecule has 0 saturated carbocycles. The van der Waals surface area contributed by atoms with Crippen LogP contribution >= 0.6 is 11.3 Å². The third-order valence-corrected chi connectivity index (χ3v) is 3.00. The lowest BCUT2D eigenvalue weighted by atomic mass is 10.2. The number of hydrogen-bond acceptors (Lipinski definition) is 2. The summed E-state index contributed by atoms with van der Waals surface area (Å²) < 4.78 is 1.11. The largest absolute Gasteiger partial charge is 0.465 e. The Balaban J connectivity index is 2.61. The van der Waals surface area contributed by atoms with E-state index < -0.39 is 6.09 Å². The Morgan fingerprint density at radius 2 is 2.21 bits per heavy atom. The maximum atomic E-state index is 10.8. The molecule has 72 valence electrons. The van der Waals surface area contributed by atoms with Crippen LogP contribution in [0.1, 0.15) is 0 Å². The van der Waals surface area contributed by atoms with Gasteiger partial charge in [-0.05, 0) is 23.6 Å². The number of carbonyl (C=O) groups is 1. The maximum absolute atomic E-state index is 10.8. The monoisotopic (exact) mass is 207 g/mol. The molecule has 0 unspecified atom stereocenters. The molecule has 2 aromatic rings. The van der Waals surface area contributed by atoms with Crippen LogP contribution in [0.3, 0.4) is 0 Å². The molecule has 14 heavy (non-hydrogen) atoms. The number of anilines is 1. The average molecular weight is 207 g/mol. The fourth-order valence-corrected chi connectivity index (χ4v) is 2.18. The fourth-order valence-electron chi connectivity index (χ4n) is 1.37. The molecule has 0 atom stereocenters. The maximum Gasteiger partial charge on any atom is 0.411 e. The molecule has 1 aromatic heterocycles. The van der Waals surface area contributed by atoms with E-state index in [0.717, 1.165) is 15.8 Å². The molecule has 0 aliphatic carbocycles. The molecular weight excluding hydrogens is 198 g/mol. The summed E-state index contributed by atoms with van der Waals surface area (Å²) in [7, 11) is 1.55. The zero-order chi connectivity index (χ0) is 10.1. The van der Waals surface area contributed by atoms with E-state index in [9.17, 15) is 4.79 Å². The molecule has 0 aliphatic rings. The first-order valence-corrected chi connectivity index (χ1v) is 5.01. The van der Waals surface area contributed by atoms with Crippen LogP contribution in [0.4, 0.5) is 10.5 Å². The number of hydrogen-bond donors (Lipinski definition) is 1. The van der Waals surface area contributed by atoms with E-state index in [0.29, 0.717) is 0 Å². The van der Waals surface area contributed by atoms with E-state index in [2.05, 4.69) is 0 Å². The molecule has 0 spiro atoms. The minimum atomic E-state index is -0.941. The van der Waals surface area contributed by atoms with E-state index in [1.807, 2.05) is 29.6 Å². The first kappa shape index (κ1) is 9.02. The summed E-state index contributed by atoms with van der Waals surface area (Å²) >= 11 is 1.61. The van der Waals surface area contributed by atoms with Crippen LogP contribution in [0.15, 0.2) is 29.6 Å². The number of benzene rings is 1. The molecule has 1 N–H and O–H groups in total. The van der Waals surface area contributed by atoms with E-state index >= 15 is 0 Å². The lowest BCUT2D eigenvalue weighted by Crippen LogP contribution is -2.23. The summed E-state index contributed by atoms with van der Waals surface area (Å²) in [5.74, 6) is 0. The summed E-state index contributed by atoms with van der Waals surface area (Å²) in [5, 5.41) is 11.8.